The molecule has 334 valence electrons. The van der Waals surface area contributed by atoms with Gasteiger partial charge in [-0.3, -0.25) is 28.7 Å². The second-order valence-electron chi connectivity index (χ2n) is 16.7. The summed E-state index contributed by atoms with van der Waals surface area (Å²) in [5.41, 5.74) is 8.01. The molecule has 6 aromatic rings. The summed E-state index contributed by atoms with van der Waals surface area (Å²) in [4.78, 5) is 39.6. The molecule has 0 radical (unpaired) electrons. The van der Waals surface area contributed by atoms with Crippen molar-refractivity contribution < 1.29 is 9.59 Å². The van der Waals surface area contributed by atoms with Gasteiger partial charge in [-0.25, -0.2) is 0 Å². The van der Waals surface area contributed by atoms with Gasteiger partial charge in [-0.2, -0.15) is 0 Å². The highest BCUT2D eigenvalue weighted by Crippen LogP contribution is 2.41. The maximum Gasteiger partial charge on any atom is 0.222 e. The Morgan fingerprint density at radius 3 is 1.28 bits per heavy atom. The Balaban J connectivity index is 0.760. The minimum absolute atomic E-state index is 0.0494. The van der Waals surface area contributed by atoms with Crippen LogP contribution in [0.25, 0.3) is 10.0 Å². The van der Waals surface area contributed by atoms with Crippen LogP contribution in [0, 0.1) is 41.5 Å². The van der Waals surface area contributed by atoms with Crippen molar-refractivity contribution >= 4 is 69.1 Å². The molecule has 2 amide bonds. The van der Waals surface area contributed by atoms with Crippen LogP contribution in [0.5, 0.6) is 0 Å². The fraction of sp³-hybridized carbons (Fsp3) is 0.417. The fourth-order valence-electron chi connectivity index (χ4n) is 8.53. The molecule has 2 atom stereocenters. The smallest absolute Gasteiger partial charge is 0.222 e. The van der Waals surface area contributed by atoms with E-state index in [1.54, 1.807) is 22.7 Å². The maximum absolute atomic E-state index is 13.4. The molecular formula is C48H54Cl2N10O2S2. The van der Waals surface area contributed by atoms with E-state index in [1.807, 2.05) is 62.4 Å². The second kappa shape index (κ2) is 20.0. The van der Waals surface area contributed by atoms with Crippen molar-refractivity contribution in [2.24, 2.45) is 9.98 Å². The topological polar surface area (TPSA) is 144 Å². The number of carbonyl (C=O) groups excluding carboxylic acids is 2. The van der Waals surface area contributed by atoms with Crippen LogP contribution < -0.4 is 10.6 Å². The largest absolute Gasteiger partial charge is 0.356 e. The third kappa shape index (κ3) is 9.66. The predicted octanol–water partition coefficient (Wildman–Crippen LogP) is 10.7. The lowest BCUT2D eigenvalue weighted by Crippen LogP contribution is -2.26. The molecule has 8 rings (SSSR count). The molecule has 4 aromatic heterocycles. The quantitative estimate of drug-likeness (QED) is 0.0872. The van der Waals surface area contributed by atoms with Crippen LogP contribution in [0.2, 0.25) is 10.0 Å². The molecule has 16 heteroatoms. The zero-order valence-electron chi connectivity index (χ0n) is 37.2. The van der Waals surface area contributed by atoms with Gasteiger partial charge in [0, 0.05) is 55.1 Å². The third-order valence-corrected chi connectivity index (χ3v) is 15.1. The Labute approximate surface area is 392 Å². The Kier molecular flexibility index (Phi) is 14.2. The zero-order chi connectivity index (χ0) is 45.1. The first-order valence-electron chi connectivity index (χ1n) is 22.2. The molecule has 0 bridgehead atoms. The number of nitrogens with one attached hydrogen (secondary N) is 2. The molecule has 0 saturated carbocycles. The summed E-state index contributed by atoms with van der Waals surface area (Å²) < 4.78 is 4.15. The molecule has 0 aliphatic carbocycles. The molecular weight excluding hydrogens is 884 g/mol. The molecule has 64 heavy (non-hydrogen) atoms. The van der Waals surface area contributed by atoms with Crippen molar-refractivity contribution in [2.75, 3.05) is 13.1 Å². The number of aliphatic imine (C=N–C) groups is 2. The summed E-state index contributed by atoms with van der Waals surface area (Å²) in [6.07, 6.45) is 8.81. The lowest BCUT2D eigenvalue weighted by Gasteiger charge is -2.13. The molecule has 0 spiro atoms. The highest BCUT2D eigenvalue weighted by molar-refractivity contribution is 7.15. The lowest BCUT2D eigenvalue weighted by atomic mass is 9.99. The number of thiophene rings is 2. The number of nitrogens with zero attached hydrogens (tertiary/aromatic N) is 8. The number of benzene rings is 2. The van der Waals surface area contributed by atoms with E-state index in [-0.39, 0.29) is 24.7 Å². The number of hydrogen-bond acceptors (Lipinski definition) is 10. The van der Waals surface area contributed by atoms with Gasteiger partial charge < -0.3 is 10.6 Å². The number of hydrogen-bond donors (Lipinski definition) is 2. The Bertz CT molecular complexity index is 2540. The van der Waals surface area contributed by atoms with E-state index in [0.29, 0.717) is 34.8 Å². The molecule has 2 aromatic carbocycles. The number of rotatable bonds is 17. The van der Waals surface area contributed by atoms with E-state index in [1.165, 1.54) is 9.75 Å². The standard InChI is InChI=1S/C48H54Cl2N10O2S2/c1-27-29(3)63-47-41(27)43(33-15-19-35(49)20-16-33)53-37(45-57-55-31(5)59(45)47)25-39(61)51-23-13-11-9-7-8-10-12-14-24-52-40(62)26-38-46-58-56-32(6)60(46)48-42(28(2)30(4)64-48)44(54-38)34-17-21-36(50)22-18-34/h15-22,37-38H,7-14,23-26H2,1-6H3,(H,51,61)(H,52,62)/t37-,38-/m1/s1. The maximum atomic E-state index is 13.4. The van der Waals surface area contributed by atoms with Gasteiger partial charge in [-0.15, -0.1) is 43.1 Å². The summed E-state index contributed by atoms with van der Waals surface area (Å²) in [6, 6.07) is 14.5. The van der Waals surface area contributed by atoms with E-state index in [9.17, 15) is 9.59 Å². The lowest BCUT2D eigenvalue weighted by molar-refractivity contribution is -0.122. The number of carbonyl (C=O) groups is 2. The fourth-order valence-corrected chi connectivity index (χ4v) is 11.2. The summed E-state index contributed by atoms with van der Waals surface area (Å²) in [6.45, 7) is 13.6. The van der Waals surface area contributed by atoms with Gasteiger partial charge in [-0.05, 0) is 89.8 Å². The predicted molar refractivity (Wildman–Crippen MR) is 259 cm³/mol. The first-order valence-corrected chi connectivity index (χ1v) is 24.5. The third-order valence-electron chi connectivity index (χ3n) is 12.2. The van der Waals surface area contributed by atoms with Crippen molar-refractivity contribution in [3.05, 3.63) is 125 Å². The highest BCUT2D eigenvalue weighted by atomic mass is 35.5. The molecule has 0 fully saturated rings. The van der Waals surface area contributed by atoms with Gasteiger partial charge in [0.15, 0.2) is 11.6 Å². The first kappa shape index (κ1) is 45.5. The van der Waals surface area contributed by atoms with Crippen molar-refractivity contribution in [2.45, 2.75) is 118 Å². The van der Waals surface area contributed by atoms with Crippen LogP contribution in [-0.4, -0.2) is 65.9 Å². The van der Waals surface area contributed by atoms with Crippen LogP contribution in [0.15, 0.2) is 58.5 Å². The molecule has 0 saturated heterocycles. The number of halogens is 2. The minimum Gasteiger partial charge on any atom is -0.356 e. The Hall–Kier alpha value is -5.02. The number of amides is 2. The molecule has 2 N–H and O–H groups in total. The van der Waals surface area contributed by atoms with E-state index in [2.05, 4.69) is 67.9 Å². The van der Waals surface area contributed by atoms with E-state index in [0.717, 1.165) is 118 Å². The van der Waals surface area contributed by atoms with E-state index in [4.69, 9.17) is 33.2 Å². The van der Waals surface area contributed by atoms with E-state index < -0.39 is 12.1 Å². The van der Waals surface area contributed by atoms with Crippen LogP contribution in [0.1, 0.15) is 143 Å². The summed E-state index contributed by atoms with van der Waals surface area (Å²) in [5, 5.41) is 27.5. The number of fused-ring (bicyclic) bond motifs is 6. The van der Waals surface area contributed by atoms with Crippen LogP contribution in [0.4, 0.5) is 0 Å². The van der Waals surface area contributed by atoms with Crippen LogP contribution >= 0.6 is 45.9 Å². The van der Waals surface area contributed by atoms with Gasteiger partial charge in [-0.1, -0.05) is 86.0 Å². The number of unbranched alkanes of at least 4 members (excludes halogenated alkanes) is 7. The van der Waals surface area contributed by atoms with Crippen molar-refractivity contribution in [3.63, 3.8) is 0 Å². The van der Waals surface area contributed by atoms with Crippen LogP contribution in [-0.2, 0) is 9.59 Å². The highest BCUT2D eigenvalue weighted by Gasteiger charge is 2.34. The molecule has 2 aliphatic rings. The average molecular weight is 938 g/mol. The monoisotopic (exact) mass is 936 g/mol. The number of aromatic nitrogens is 6. The molecule has 12 nitrogen and oxygen atoms in total. The van der Waals surface area contributed by atoms with Gasteiger partial charge in [0.1, 0.15) is 33.7 Å². The van der Waals surface area contributed by atoms with Gasteiger partial charge >= 0.3 is 0 Å². The Morgan fingerprint density at radius 2 is 0.906 bits per heavy atom. The molecule has 2 aliphatic heterocycles. The summed E-state index contributed by atoms with van der Waals surface area (Å²) in [5.74, 6) is 2.81. The SMILES string of the molecule is Cc1sc2c(c1C)C(c1ccc(Cl)cc1)=N[C@H](CC(=O)NCCCCCCCCCCNC(=O)C[C@H]1N=C(c3ccc(Cl)cc3)c3c(sc(C)c3C)-n3c(C)nnc31)c1nnc(C)n1-2. The van der Waals surface area contributed by atoms with Gasteiger partial charge in [0.05, 0.1) is 24.3 Å². The summed E-state index contributed by atoms with van der Waals surface area (Å²) in [7, 11) is 0. The number of aryl methyl sites for hydroxylation is 4. The Morgan fingerprint density at radius 1 is 0.547 bits per heavy atom. The normalized spacial score (nSPS) is 15.3. The average Bonchev–Trinajstić information content (AvgIpc) is 3.96. The van der Waals surface area contributed by atoms with Gasteiger partial charge in [0.25, 0.3) is 0 Å². The first-order chi connectivity index (χ1) is 30.9. The molecule has 6 heterocycles. The zero-order valence-corrected chi connectivity index (χ0v) is 40.4. The van der Waals surface area contributed by atoms with Gasteiger partial charge in [0.2, 0.25) is 11.8 Å². The molecule has 0 unspecified atom stereocenters. The minimum atomic E-state index is -0.486. The summed E-state index contributed by atoms with van der Waals surface area (Å²) >= 11 is 15.9. The van der Waals surface area contributed by atoms with Crippen molar-refractivity contribution in [1.29, 1.82) is 0 Å². The second-order valence-corrected chi connectivity index (χ2v) is 20.0. The van der Waals surface area contributed by atoms with E-state index >= 15 is 0 Å². The van der Waals surface area contributed by atoms with Crippen molar-refractivity contribution in [1.82, 2.24) is 40.2 Å². The van der Waals surface area contributed by atoms with Crippen LogP contribution in [0.3, 0.4) is 0 Å². The van der Waals surface area contributed by atoms with Crippen molar-refractivity contribution in [3.8, 4) is 10.0 Å².